The van der Waals surface area contributed by atoms with Gasteiger partial charge in [0.2, 0.25) is 0 Å². The maximum absolute atomic E-state index is 12.4. The zero-order valence-corrected chi connectivity index (χ0v) is 28.9. The molecule has 52 heavy (non-hydrogen) atoms. The van der Waals surface area contributed by atoms with E-state index in [1.807, 2.05) is 0 Å². The number of nitrogens with two attached hydrogens (primary N) is 1. The highest BCUT2D eigenvalue weighted by atomic mass is 32.2. The van der Waals surface area contributed by atoms with E-state index in [4.69, 9.17) is 5.73 Å². The number of anilines is 1. The highest BCUT2D eigenvalue weighted by Gasteiger charge is 2.26. The standard InChI is InChI=1S/C30H21N5O13S4/c31-28-22-14-27(52(46,47)48)29(30(36)20(22)8-11-26(28)51(43,44)45)35-34-24-10-9-23(19-7-5-17(13-21(19)24)49(37,38)39)33-32-16-4-6-18-15(12-16)2-1-3-25(18)50(40,41)42/h1-14,36H,31H2,(H,37,38,39)(H,40,41,42)(H,43,44,45)(H,46,47,48)/b33-32+,35-34+. The summed E-state index contributed by atoms with van der Waals surface area (Å²) in [6.07, 6.45) is 0. The van der Waals surface area contributed by atoms with E-state index in [9.17, 15) is 57.0 Å². The first-order chi connectivity index (χ1) is 24.1. The van der Waals surface area contributed by atoms with E-state index in [-0.39, 0.29) is 48.9 Å². The molecule has 0 aromatic heterocycles. The Kier molecular flexibility index (Phi) is 8.83. The van der Waals surface area contributed by atoms with Crippen LogP contribution in [0.15, 0.2) is 125 Å². The molecule has 7 N–H and O–H groups in total. The topological polar surface area (TPSA) is 313 Å². The number of nitrogens with zero attached hydrogens (tertiary/aromatic N) is 4. The van der Waals surface area contributed by atoms with Crippen LogP contribution in [0, 0.1) is 0 Å². The summed E-state index contributed by atoms with van der Waals surface area (Å²) in [6, 6.07) is 17.1. The Morgan fingerprint density at radius 2 is 1.08 bits per heavy atom. The maximum Gasteiger partial charge on any atom is 0.296 e. The number of fused-ring (bicyclic) bond motifs is 3. The average Bonchev–Trinajstić information content (AvgIpc) is 3.04. The van der Waals surface area contributed by atoms with Crippen molar-refractivity contribution >= 4 is 101 Å². The number of hydrogen-bond acceptors (Lipinski definition) is 14. The first-order valence-corrected chi connectivity index (χ1v) is 19.8. The molecule has 0 amide bonds. The monoisotopic (exact) mass is 787 g/mol. The summed E-state index contributed by atoms with van der Waals surface area (Å²) in [4.78, 5) is -2.75. The smallest absolute Gasteiger partial charge is 0.296 e. The second kappa shape index (κ2) is 12.6. The molecule has 0 saturated heterocycles. The van der Waals surface area contributed by atoms with E-state index in [2.05, 4.69) is 20.5 Å². The molecular formula is C30H21N5O13S4. The van der Waals surface area contributed by atoms with Crippen molar-refractivity contribution in [2.45, 2.75) is 19.6 Å². The van der Waals surface area contributed by atoms with Gasteiger partial charge in [-0.25, -0.2) is 0 Å². The third-order valence-electron chi connectivity index (χ3n) is 7.66. The van der Waals surface area contributed by atoms with E-state index >= 15 is 0 Å². The van der Waals surface area contributed by atoms with E-state index in [0.29, 0.717) is 11.5 Å². The molecule has 268 valence electrons. The van der Waals surface area contributed by atoms with Crippen LogP contribution in [0.3, 0.4) is 0 Å². The molecule has 0 radical (unpaired) electrons. The molecule has 0 spiro atoms. The van der Waals surface area contributed by atoms with Crippen molar-refractivity contribution in [2.24, 2.45) is 20.5 Å². The molecule has 0 unspecified atom stereocenters. The Morgan fingerprint density at radius 1 is 0.481 bits per heavy atom. The number of hydrogen-bond donors (Lipinski definition) is 6. The van der Waals surface area contributed by atoms with Gasteiger partial charge < -0.3 is 10.8 Å². The lowest BCUT2D eigenvalue weighted by Crippen LogP contribution is -2.05. The van der Waals surface area contributed by atoms with Crippen molar-refractivity contribution < 1.29 is 57.0 Å². The summed E-state index contributed by atoms with van der Waals surface area (Å²) >= 11 is 0. The van der Waals surface area contributed by atoms with Gasteiger partial charge in [-0.05, 0) is 66.0 Å². The number of nitrogen functional groups attached to an aromatic ring is 1. The molecule has 0 fully saturated rings. The van der Waals surface area contributed by atoms with E-state index in [0.717, 1.165) is 24.3 Å². The van der Waals surface area contributed by atoms with Crippen molar-refractivity contribution in [3.05, 3.63) is 84.9 Å². The molecule has 0 heterocycles. The van der Waals surface area contributed by atoms with Crippen LogP contribution in [0.4, 0.5) is 28.4 Å². The zero-order chi connectivity index (χ0) is 38.0. The predicted molar refractivity (Wildman–Crippen MR) is 186 cm³/mol. The molecule has 0 bridgehead atoms. The average molecular weight is 788 g/mol. The summed E-state index contributed by atoms with van der Waals surface area (Å²) in [7, 11) is -19.4. The third kappa shape index (κ3) is 6.91. The second-order valence-electron chi connectivity index (χ2n) is 10.9. The minimum Gasteiger partial charge on any atom is -0.505 e. The van der Waals surface area contributed by atoms with E-state index in [1.165, 1.54) is 48.5 Å². The SMILES string of the molecule is Nc1c(S(=O)(=O)O)ccc2c(O)c(/N=N/c3ccc(/N=N/c4ccc5c(S(=O)(=O)O)cccc5c4)c4ccc(S(=O)(=O)O)cc34)c(S(=O)(=O)O)cc12. The number of phenols is 1. The number of aromatic hydroxyl groups is 1. The molecule has 18 nitrogen and oxygen atoms in total. The molecule has 0 aliphatic heterocycles. The number of benzene rings is 6. The Balaban J connectivity index is 1.50. The van der Waals surface area contributed by atoms with Crippen LogP contribution in [-0.2, 0) is 40.5 Å². The second-order valence-corrected chi connectivity index (χ2v) is 16.5. The van der Waals surface area contributed by atoms with Crippen LogP contribution in [-0.4, -0.2) is 57.0 Å². The first kappa shape index (κ1) is 36.3. The van der Waals surface area contributed by atoms with E-state index < -0.39 is 72.3 Å². The molecule has 6 aromatic rings. The summed E-state index contributed by atoms with van der Waals surface area (Å²) in [5, 5.41) is 27.3. The highest BCUT2D eigenvalue weighted by molar-refractivity contribution is 7.86. The lowest BCUT2D eigenvalue weighted by molar-refractivity contribution is 0.472. The fourth-order valence-electron chi connectivity index (χ4n) is 5.32. The fraction of sp³-hybridized carbons (Fsp3) is 0. The van der Waals surface area contributed by atoms with Gasteiger partial charge in [0.05, 0.1) is 27.6 Å². The molecule has 6 rings (SSSR count). The van der Waals surface area contributed by atoms with Crippen LogP contribution < -0.4 is 5.73 Å². The molecule has 0 aliphatic rings. The van der Waals surface area contributed by atoms with Crippen LogP contribution in [0.25, 0.3) is 32.3 Å². The Morgan fingerprint density at radius 3 is 1.71 bits per heavy atom. The zero-order valence-electron chi connectivity index (χ0n) is 25.6. The number of phenolic OH excluding ortho intramolecular Hbond substituents is 1. The van der Waals surface area contributed by atoms with E-state index in [1.54, 1.807) is 6.07 Å². The van der Waals surface area contributed by atoms with Crippen molar-refractivity contribution in [3.8, 4) is 5.75 Å². The Hall–Kier alpha value is -5.46. The quantitative estimate of drug-likeness (QED) is 0.0564. The van der Waals surface area contributed by atoms with Crippen molar-refractivity contribution in [1.29, 1.82) is 0 Å². The van der Waals surface area contributed by atoms with Gasteiger partial charge in [0.15, 0.2) is 5.75 Å². The minimum absolute atomic E-state index is 0.0256. The highest BCUT2D eigenvalue weighted by Crippen LogP contribution is 2.45. The fourth-order valence-corrected chi connectivity index (χ4v) is 7.81. The third-order valence-corrected chi connectivity index (χ3v) is 11.2. The lowest BCUT2D eigenvalue weighted by atomic mass is 10.1. The summed E-state index contributed by atoms with van der Waals surface area (Å²) < 4.78 is 134. The van der Waals surface area contributed by atoms with Crippen molar-refractivity contribution in [3.63, 3.8) is 0 Å². The maximum atomic E-state index is 12.4. The van der Waals surface area contributed by atoms with Crippen molar-refractivity contribution in [1.82, 2.24) is 0 Å². The van der Waals surface area contributed by atoms with Gasteiger partial charge >= 0.3 is 0 Å². The lowest BCUT2D eigenvalue weighted by Gasteiger charge is -2.12. The summed E-state index contributed by atoms with van der Waals surface area (Å²) in [5.41, 5.74) is 4.57. The Bertz CT molecular complexity index is 3040. The normalized spacial score (nSPS) is 13.2. The first-order valence-electron chi connectivity index (χ1n) is 14.1. The number of rotatable bonds is 8. The largest absolute Gasteiger partial charge is 0.505 e. The van der Waals surface area contributed by atoms with Gasteiger partial charge in [-0.15, -0.1) is 15.3 Å². The minimum atomic E-state index is -5.21. The van der Waals surface area contributed by atoms with Crippen LogP contribution in [0.1, 0.15) is 0 Å². The summed E-state index contributed by atoms with van der Waals surface area (Å²) in [6.45, 7) is 0. The summed E-state index contributed by atoms with van der Waals surface area (Å²) in [5.74, 6) is -0.921. The molecule has 0 aliphatic carbocycles. The van der Waals surface area contributed by atoms with Crippen LogP contribution in [0.2, 0.25) is 0 Å². The van der Waals surface area contributed by atoms with Crippen molar-refractivity contribution in [2.75, 3.05) is 5.73 Å². The predicted octanol–water partition coefficient (Wildman–Crippen LogP) is 6.25. The van der Waals surface area contributed by atoms with Crippen LogP contribution >= 0.6 is 0 Å². The van der Waals surface area contributed by atoms with Crippen LogP contribution in [0.5, 0.6) is 5.75 Å². The van der Waals surface area contributed by atoms with Gasteiger partial charge in [-0.2, -0.15) is 38.8 Å². The van der Waals surface area contributed by atoms with Gasteiger partial charge in [0, 0.05) is 26.9 Å². The van der Waals surface area contributed by atoms with Gasteiger partial charge in [-0.1, -0.05) is 24.3 Å². The molecule has 6 aromatic carbocycles. The molecule has 0 atom stereocenters. The molecule has 0 saturated carbocycles. The van der Waals surface area contributed by atoms with Gasteiger partial charge in [0.25, 0.3) is 40.5 Å². The van der Waals surface area contributed by atoms with Gasteiger partial charge in [-0.3, -0.25) is 18.2 Å². The number of azo groups is 2. The Labute approximate surface area is 293 Å². The van der Waals surface area contributed by atoms with Gasteiger partial charge in [0.1, 0.15) is 20.4 Å². The molecule has 22 heteroatoms. The molecular weight excluding hydrogens is 767 g/mol.